The van der Waals surface area contributed by atoms with Gasteiger partial charge in [-0.15, -0.1) is 0 Å². The quantitative estimate of drug-likeness (QED) is 0.560. The van der Waals surface area contributed by atoms with Gasteiger partial charge < -0.3 is 15.4 Å². The van der Waals surface area contributed by atoms with Crippen molar-refractivity contribution < 1.29 is 27.1 Å². The van der Waals surface area contributed by atoms with Crippen LogP contribution < -0.4 is 5.73 Å². The Hall–Kier alpha value is -3.27. The van der Waals surface area contributed by atoms with E-state index in [2.05, 4.69) is 9.97 Å². The lowest BCUT2D eigenvalue weighted by molar-refractivity contribution is -0.141. The Labute approximate surface area is 186 Å². The van der Waals surface area contributed by atoms with Gasteiger partial charge in [0.2, 0.25) is 0 Å². The summed E-state index contributed by atoms with van der Waals surface area (Å²) in [7, 11) is 1.51. The van der Waals surface area contributed by atoms with Gasteiger partial charge in [0.05, 0.1) is 29.8 Å². The summed E-state index contributed by atoms with van der Waals surface area (Å²) < 4.78 is 59.6. The van der Waals surface area contributed by atoms with Crippen LogP contribution in [-0.4, -0.2) is 27.8 Å². The van der Waals surface area contributed by atoms with Crippen molar-refractivity contribution in [3.05, 3.63) is 63.7 Å². The molecule has 1 aromatic carbocycles. The average molecular weight is 460 g/mol. The van der Waals surface area contributed by atoms with Gasteiger partial charge in [-0.3, -0.25) is 4.79 Å². The van der Waals surface area contributed by atoms with E-state index in [0.29, 0.717) is 35.0 Å². The minimum atomic E-state index is -4.54. The molecule has 172 valence electrons. The van der Waals surface area contributed by atoms with Gasteiger partial charge in [0.15, 0.2) is 0 Å². The van der Waals surface area contributed by atoms with Crippen LogP contribution >= 0.6 is 0 Å². The molecule has 5 rings (SSSR count). The molecule has 0 saturated carbocycles. The highest BCUT2D eigenvalue weighted by Crippen LogP contribution is 2.40. The van der Waals surface area contributed by atoms with E-state index in [1.807, 2.05) is 6.92 Å². The summed E-state index contributed by atoms with van der Waals surface area (Å²) in [6.45, 7) is 2.12. The highest BCUT2D eigenvalue weighted by atomic mass is 19.4. The zero-order chi connectivity index (χ0) is 23.7. The number of nitrogens with two attached hydrogens (primary N) is 1. The number of fused-ring (bicyclic) bond motifs is 4. The number of aromatic nitrogens is 2. The second-order valence-corrected chi connectivity index (χ2v) is 8.39. The van der Waals surface area contributed by atoms with E-state index in [9.17, 15) is 22.4 Å². The first-order valence-electron chi connectivity index (χ1n) is 10.4. The fourth-order valence-electron chi connectivity index (χ4n) is 4.79. The molecule has 0 unspecified atom stereocenters. The van der Waals surface area contributed by atoms with E-state index >= 15 is 0 Å². The monoisotopic (exact) mass is 460 g/mol. The minimum absolute atomic E-state index is 0.147. The number of halogens is 4. The second kappa shape index (κ2) is 7.38. The maximum absolute atomic E-state index is 15.0. The van der Waals surface area contributed by atoms with Crippen LogP contribution in [0.3, 0.4) is 0 Å². The topological polar surface area (TPSA) is 81.3 Å². The molecule has 0 saturated heterocycles. The minimum Gasteiger partial charge on any atom is -0.383 e. The van der Waals surface area contributed by atoms with E-state index < -0.39 is 29.6 Å². The Kier molecular flexibility index (Phi) is 4.82. The van der Waals surface area contributed by atoms with Gasteiger partial charge in [-0.2, -0.15) is 13.2 Å². The molecule has 1 aliphatic carbocycles. The van der Waals surface area contributed by atoms with Gasteiger partial charge in [0, 0.05) is 29.8 Å². The number of nitrogens with zero attached hydrogens (tertiary/aromatic N) is 3. The number of amides is 1. The van der Waals surface area contributed by atoms with Gasteiger partial charge >= 0.3 is 6.18 Å². The third kappa shape index (κ3) is 3.40. The number of benzene rings is 1. The van der Waals surface area contributed by atoms with Crippen molar-refractivity contribution in [2.75, 3.05) is 12.8 Å². The van der Waals surface area contributed by atoms with Crippen molar-refractivity contribution in [3.63, 3.8) is 0 Å². The first-order valence-corrected chi connectivity index (χ1v) is 10.4. The lowest BCUT2D eigenvalue weighted by atomic mass is 9.99. The summed E-state index contributed by atoms with van der Waals surface area (Å²) in [6.07, 6.45) is -4.09. The van der Waals surface area contributed by atoms with Crippen LogP contribution in [0, 0.1) is 5.82 Å². The molecule has 3 heterocycles. The SMILES string of the molecule is C[C@H]1OCc2c1c(N)nc1cc(F)c(C(=O)N(C)[C@H]3CCc4nc(C(F)(F)F)ccc43)cc21. The zero-order valence-electron chi connectivity index (χ0n) is 17.8. The summed E-state index contributed by atoms with van der Waals surface area (Å²) in [5, 5.41) is 0.588. The highest BCUT2D eigenvalue weighted by Gasteiger charge is 2.37. The molecule has 0 fully saturated rings. The van der Waals surface area contributed by atoms with Gasteiger partial charge in [-0.05, 0) is 43.0 Å². The second-order valence-electron chi connectivity index (χ2n) is 8.39. The van der Waals surface area contributed by atoms with Crippen molar-refractivity contribution in [1.29, 1.82) is 0 Å². The normalized spacial score (nSPS) is 19.6. The molecule has 0 spiro atoms. The zero-order valence-corrected chi connectivity index (χ0v) is 17.8. The smallest absolute Gasteiger partial charge is 0.383 e. The van der Waals surface area contributed by atoms with E-state index in [1.165, 1.54) is 30.1 Å². The van der Waals surface area contributed by atoms with Crippen LogP contribution in [0.25, 0.3) is 10.9 Å². The van der Waals surface area contributed by atoms with Gasteiger partial charge in [0.25, 0.3) is 5.91 Å². The van der Waals surface area contributed by atoms with Crippen molar-refractivity contribution in [2.45, 2.75) is 44.7 Å². The molecule has 2 N–H and O–H groups in total. The molecule has 3 aromatic rings. The number of carbonyl (C=O) groups is 1. The Morgan fingerprint density at radius 3 is 2.73 bits per heavy atom. The number of aryl methyl sites for hydroxylation is 1. The summed E-state index contributed by atoms with van der Waals surface area (Å²) in [6, 6.07) is 4.39. The molecule has 0 radical (unpaired) electrons. The maximum Gasteiger partial charge on any atom is 0.433 e. The van der Waals surface area contributed by atoms with Gasteiger partial charge in [-0.25, -0.2) is 14.4 Å². The number of pyridine rings is 2. The Morgan fingerprint density at radius 2 is 2.00 bits per heavy atom. The molecule has 33 heavy (non-hydrogen) atoms. The molecule has 0 bridgehead atoms. The molecule has 6 nitrogen and oxygen atoms in total. The highest BCUT2D eigenvalue weighted by molar-refractivity contribution is 5.99. The predicted molar refractivity (Wildman–Crippen MR) is 112 cm³/mol. The van der Waals surface area contributed by atoms with Crippen molar-refractivity contribution in [3.8, 4) is 0 Å². The molecule has 2 atom stereocenters. The number of hydrogen-bond acceptors (Lipinski definition) is 5. The van der Waals surface area contributed by atoms with E-state index in [1.54, 1.807) is 0 Å². The lowest BCUT2D eigenvalue weighted by Crippen LogP contribution is -2.31. The van der Waals surface area contributed by atoms with Gasteiger partial charge in [0.1, 0.15) is 17.3 Å². The number of anilines is 1. The standard InChI is InChI=1S/C23H20F4N4O2/c1-10-20-14(9-33-10)12-7-13(15(24)8-17(12)30-21(20)28)22(32)31(2)18-5-4-16-11(18)3-6-19(29-16)23(25,26)27/h3,6-8,10,18H,4-5,9H2,1-2H3,(H2,28,30)/t10-,18+/m1/s1. The first-order chi connectivity index (χ1) is 15.6. The summed E-state index contributed by atoms with van der Waals surface area (Å²) >= 11 is 0. The molecule has 10 heteroatoms. The fourth-order valence-corrected chi connectivity index (χ4v) is 4.79. The molecular weight excluding hydrogens is 440 g/mol. The van der Waals surface area contributed by atoms with E-state index in [0.717, 1.165) is 17.2 Å². The lowest BCUT2D eigenvalue weighted by Gasteiger charge is -2.26. The third-order valence-corrected chi connectivity index (χ3v) is 6.47. The number of ether oxygens (including phenoxy) is 1. The van der Waals surface area contributed by atoms with Crippen molar-refractivity contribution in [2.24, 2.45) is 0 Å². The van der Waals surface area contributed by atoms with Crippen LogP contribution in [-0.2, 0) is 23.9 Å². The Balaban J connectivity index is 1.51. The van der Waals surface area contributed by atoms with Crippen LogP contribution in [0.4, 0.5) is 23.4 Å². The fraction of sp³-hybridized carbons (Fsp3) is 0.348. The maximum atomic E-state index is 15.0. The summed E-state index contributed by atoms with van der Waals surface area (Å²) in [5.41, 5.74) is 7.59. The Bertz CT molecular complexity index is 1310. The number of alkyl halides is 3. The predicted octanol–water partition coefficient (Wildman–Crippen LogP) is 4.72. The number of hydrogen-bond donors (Lipinski definition) is 1. The molecule has 2 aliphatic rings. The molecule has 1 aliphatic heterocycles. The average Bonchev–Trinajstić information content (AvgIpc) is 3.35. The van der Waals surface area contributed by atoms with Gasteiger partial charge in [-0.1, -0.05) is 6.07 Å². The van der Waals surface area contributed by atoms with E-state index in [-0.39, 0.29) is 24.1 Å². The van der Waals surface area contributed by atoms with Crippen LogP contribution in [0.2, 0.25) is 0 Å². The molecule has 1 amide bonds. The number of carbonyl (C=O) groups excluding carboxylic acids is 1. The van der Waals surface area contributed by atoms with E-state index in [4.69, 9.17) is 10.5 Å². The largest absolute Gasteiger partial charge is 0.433 e. The van der Waals surface area contributed by atoms with Crippen molar-refractivity contribution >= 4 is 22.6 Å². The van der Waals surface area contributed by atoms with Crippen LogP contribution in [0.1, 0.15) is 63.9 Å². The third-order valence-electron chi connectivity index (χ3n) is 6.47. The summed E-state index contributed by atoms with van der Waals surface area (Å²) in [5.74, 6) is -1.06. The number of rotatable bonds is 2. The molecule has 2 aromatic heterocycles. The molecular formula is C23H20F4N4O2. The first kappa shape index (κ1) is 21.6. The Morgan fingerprint density at radius 1 is 1.24 bits per heavy atom. The summed E-state index contributed by atoms with van der Waals surface area (Å²) in [4.78, 5) is 22.6. The van der Waals surface area contributed by atoms with Crippen LogP contribution in [0.5, 0.6) is 0 Å². The van der Waals surface area contributed by atoms with Crippen molar-refractivity contribution in [1.82, 2.24) is 14.9 Å². The van der Waals surface area contributed by atoms with Crippen LogP contribution in [0.15, 0.2) is 24.3 Å². The number of nitrogen functional groups attached to an aromatic ring is 1.